The van der Waals surface area contributed by atoms with Crippen LogP contribution >= 0.6 is 0 Å². The number of ether oxygens (including phenoxy) is 5. The van der Waals surface area contributed by atoms with E-state index in [1.807, 2.05) is 20.8 Å². The molecule has 0 aromatic heterocycles. The molecule has 5 aliphatic carbocycles. The van der Waals surface area contributed by atoms with Gasteiger partial charge < -0.3 is 44.7 Å². The molecule has 8 fully saturated rings. The van der Waals surface area contributed by atoms with Gasteiger partial charge in [0, 0.05) is 48.3 Å². The highest BCUT2D eigenvalue weighted by atomic mass is 16.8. The second-order valence-electron chi connectivity index (χ2n) is 16.0. The number of epoxide rings is 2. The lowest BCUT2D eigenvalue weighted by molar-refractivity contribution is -0.258. The summed E-state index contributed by atoms with van der Waals surface area (Å²) in [5.41, 5.74) is 0.872. The number of nitrogens with two attached hydrogens (primary N) is 1. The maximum atomic E-state index is 14.7. The largest absolute Gasteiger partial charge is 0.458 e. The Hall–Kier alpha value is -2.16. The van der Waals surface area contributed by atoms with Gasteiger partial charge in [-0.25, -0.2) is 4.79 Å². The Labute approximate surface area is 260 Å². The summed E-state index contributed by atoms with van der Waals surface area (Å²) >= 11 is 0. The summed E-state index contributed by atoms with van der Waals surface area (Å²) in [6, 6.07) is -1.01. The molecule has 13 nitrogen and oxygen atoms in total. The molecule has 2 unspecified atom stereocenters. The molecule has 5 saturated carbocycles. The SMILES string of the molecule is CC(=O)O[C@H]1C2C(C(=O)[C@H](N)[C@H]3C[C@@H]4O[C@@H]4[C@H](O)[C@]23C)[C@@H]2[C@@H](O)[C@@H]3[C@H]([C@H](C)[C@H]4O[C@]45OC(=O)[C@@](C)(O)[C@]35C)[C@@]2(C)[C@H]1OC(C)=O. The molecule has 0 radical (unpaired) electrons. The number of aliphatic hydroxyl groups excluding tert-OH is 2. The Morgan fingerprint density at radius 2 is 1.60 bits per heavy atom. The van der Waals surface area contributed by atoms with Crippen molar-refractivity contribution in [3.05, 3.63) is 0 Å². The number of aliphatic hydroxyl groups is 3. The molecule has 20 atom stereocenters. The van der Waals surface area contributed by atoms with Crippen LogP contribution in [-0.2, 0) is 42.9 Å². The Kier molecular flexibility index (Phi) is 5.67. The van der Waals surface area contributed by atoms with Crippen molar-refractivity contribution in [3.8, 4) is 0 Å². The van der Waals surface area contributed by atoms with Gasteiger partial charge in [0.15, 0.2) is 11.4 Å². The van der Waals surface area contributed by atoms with Gasteiger partial charge in [0.05, 0.1) is 29.8 Å². The van der Waals surface area contributed by atoms with Crippen molar-refractivity contribution in [1.29, 1.82) is 0 Å². The molecule has 45 heavy (non-hydrogen) atoms. The van der Waals surface area contributed by atoms with Gasteiger partial charge >= 0.3 is 17.9 Å². The molecular formula is C32H43NO12. The normalized spacial score (nSPS) is 63.0. The number of hydrogen-bond acceptors (Lipinski definition) is 13. The van der Waals surface area contributed by atoms with Gasteiger partial charge in [-0.1, -0.05) is 20.8 Å². The van der Waals surface area contributed by atoms with E-state index in [2.05, 4.69) is 0 Å². The van der Waals surface area contributed by atoms with E-state index in [1.165, 1.54) is 20.8 Å². The monoisotopic (exact) mass is 633 g/mol. The van der Waals surface area contributed by atoms with Crippen LogP contribution in [0.1, 0.15) is 54.9 Å². The summed E-state index contributed by atoms with van der Waals surface area (Å²) in [6.07, 6.45) is -5.70. The Morgan fingerprint density at radius 1 is 0.956 bits per heavy atom. The highest BCUT2D eigenvalue weighted by molar-refractivity contribution is 5.89. The predicted octanol–water partition coefficient (Wildman–Crippen LogP) is -0.551. The number of rotatable bonds is 2. The molecule has 0 bridgehead atoms. The third-order valence-electron chi connectivity index (χ3n) is 14.6. The van der Waals surface area contributed by atoms with Gasteiger partial charge in [0.1, 0.15) is 24.4 Å². The van der Waals surface area contributed by atoms with Crippen LogP contribution in [0, 0.1) is 57.7 Å². The smallest absolute Gasteiger partial charge is 0.341 e. The lowest BCUT2D eigenvalue weighted by Crippen LogP contribution is -2.75. The minimum absolute atomic E-state index is 0.246. The summed E-state index contributed by atoms with van der Waals surface area (Å²) in [5.74, 6) is -9.26. The number of carbonyl (C=O) groups is 4. The van der Waals surface area contributed by atoms with Crippen molar-refractivity contribution in [2.75, 3.05) is 0 Å². The first-order chi connectivity index (χ1) is 20.8. The average Bonchev–Trinajstić information content (AvgIpc) is 3.85. The van der Waals surface area contributed by atoms with E-state index < -0.39 is 130 Å². The van der Waals surface area contributed by atoms with Crippen molar-refractivity contribution in [3.63, 3.8) is 0 Å². The standard InChI is InChI=1S/C32H43NO12/c1-9-15-18(30(6)31(7,40)27(39)45-32(30)25(9)44-32)21(37)16-14-17(23(41-10(2)34)26(29(15,16)5)42-11(3)35)28(4)12(19(33)20(14)36)8-13-22(43-13)24(28)38/h9,12-19,21-26,37-38,40H,8,33H2,1-7H3/t9-,12+,13-,14?,15-,16+,17?,18-,19+,21+,22-,23-,24-,25+,26-,28-,29+,30-,31+,32-/m0/s1. The van der Waals surface area contributed by atoms with Crippen molar-refractivity contribution < 1.29 is 58.2 Å². The molecule has 1 spiro atoms. The first kappa shape index (κ1) is 30.2. The summed E-state index contributed by atoms with van der Waals surface area (Å²) in [6.45, 7) is 11.1. The molecule has 13 heteroatoms. The number of ketones is 1. The predicted molar refractivity (Wildman–Crippen MR) is 148 cm³/mol. The zero-order valence-corrected chi connectivity index (χ0v) is 26.5. The van der Waals surface area contributed by atoms with Gasteiger partial charge in [0.2, 0.25) is 5.79 Å². The molecule has 0 amide bonds. The van der Waals surface area contributed by atoms with Crippen LogP contribution in [0.2, 0.25) is 0 Å². The van der Waals surface area contributed by atoms with Crippen molar-refractivity contribution in [2.45, 2.75) is 115 Å². The van der Waals surface area contributed by atoms with Crippen molar-refractivity contribution >= 4 is 23.7 Å². The Balaban J connectivity index is 1.38. The Morgan fingerprint density at radius 3 is 2.22 bits per heavy atom. The first-order valence-corrected chi connectivity index (χ1v) is 16.1. The van der Waals surface area contributed by atoms with E-state index in [9.17, 15) is 34.5 Å². The molecule has 3 aliphatic heterocycles. The van der Waals surface area contributed by atoms with Crippen molar-refractivity contribution in [2.24, 2.45) is 63.4 Å². The second kappa shape index (κ2) is 8.46. The fourth-order valence-electron chi connectivity index (χ4n) is 12.6. The van der Waals surface area contributed by atoms with Gasteiger partial charge in [-0.2, -0.15) is 0 Å². The summed E-state index contributed by atoms with van der Waals surface area (Å²) < 4.78 is 30.0. The molecule has 3 saturated heterocycles. The molecule has 5 N–H and O–H groups in total. The molecule has 8 rings (SSSR count). The third-order valence-corrected chi connectivity index (χ3v) is 14.6. The Bertz CT molecular complexity index is 1430. The zero-order valence-electron chi connectivity index (χ0n) is 26.5. The van der Waals surface area contributed by atoms with Crippen LogP contribution in [0.15, 0.2) is 0 Å². The quantitative estimate of drug-likeness (QED) is 0.171. The lowest BCUT2D eigenvalue weighted by Gasteiger charge is -2.65. The van der Waals surface area contributed by atoms with Crippen LogP contribution in [0.4, 0.5) is 0 Å². The van der Waals surface area contributed by atoms with Crippen LogP contribution < -0.4 is 5.73 Å². The van der Waals surface area contributed by atoms with E-state index in [1.54, 1.807) is 6.92 Å². The first-order valence-electron chi connectivity index (χ1n) is 16.1. The fourth-order valence-corrected chi connectivity index (χ4v) is 12.6. The number of fused-ring (bicyclic) bond motifs is 9. The molecule has 248 valence electrons. The third kappa shape index (κ3) is 3.04. The van der Waals surface area contributed by atoms with E-state index in [0.717, 1.165) is 0 Å². The summed E-state index contributed by atoms with van der Waals surface area (Å²) in [5, 5.41) is 36.3. The van der Waals surface area contributed by atoms with Crippen molar-refractivity contribution in [1.82, 2.24) is 0 Å². The minimum atomic E-state index is -2.07. The highest BCUT2D eigenvalue weighted by Gasteiger charge is 2.93. The number of carbonyl (C=O) groups excluding carboxylic acids is 4. The van der Waals surface area contributed by atoms with Gasteiger partial charge in [0.25, 0.3) is 0 Å². The lowest BCUT2D eigenvalue weighted by atomic mass is 9.40. The molecule has 8 aliphatic rings. The van der Waals surface area contributed by atoms with Crippen LogP contribution in [0.3, 0.4) is 0 Å². The maximum absolute atomic E-state index is 14.7. The molecule has 0 aromatic carbocycles. The van der Waals surface area contributed by atoms with Crippen LogP contribution in [-0.4, -0.2) is 99.2 Å². The van der Waals surface area contributed by atoms with E-state index in [-0.39, 0.29) is 11.9 Å². The van der Waals surface area contributed by atoms with E-state index >= 15 is 0 Å². The van der Waals surface area contributed by atoms with Gasteiger partial charge in [-0.15, -0.1) is 0 Å². The van der Waals surface area contributed by atoms with Crippen LogP contribution in [0.25, 0.3) is 0 Å². The van der Waals surface area contributed by atoms with E-state index in [0.29, 0.717) is 6.42 Å². The molecular weight excluding hydrogens is 590 g/mol. The minimum Gasteiger partial charge on any atom is -0.458 e. The van der Waals surface area contributed by atoms with Gasteiger partial charge in [-0.3, -0.25) is 14.4 Å². The van der Waals surface area contributed by atoms with E-state index in [4.69, 9.17) is 29.4 Å². The second-order valence-corrected chi connectivity index (χ2v) is 16.0. The molecule has 3 heterocycles. The zero-order chi connectivity index (χ0) is 32.7. The topological polar surface area (TPSA) is 208 Å². The maximum Gasteiger partial charge on any atom is 0.341 e. The fraction of sp³-hybridized carbons (Fsp3) is 0.875. The number of Topliss-reactive ketones (excluding diaryl/α,β-unsaturated/α-hetero) is 1. The number of hydrogen-bond donors (Lipinski definition) is 4. The average molecular weight is 634 g/mol. The number of esters is 3. The van der Waals surface area contributed by atoms with Crippen LogP contribution in [0.5, 0.6) is 0 Å². The summed E-state index contributed by atoms with van der Waals surface area (Å²) in [4.78, 5) is 53.6. The van der Waals surface area contributed by atoms with Gasteiger partial charge in [-0.05, 0) is 38.0 Å². The highest BCUT2D eigenvalue weighted by Crippen LogP contribution is 2.80. The molecule has 0 aromatic rings. The summed E-state index contributed by atoms with van der Waals surface area (Å²) in [7, 11) is 0.